The fourth-order valence-corrected chi connectivity index (χ4v) is 3.92. The molecule has 1 atom stereocenters. The highest BCUT2D eigenvalue weighted by atomic mass is 16.5. The Hall–Kier alpha value is -3.38. The van der Waals surface area contributed by atoms with E-state index in [0.29, 0.717) is 43.4 Å². The second kappa shape index (κ2) is 11.0. The summed E-state index contributed by atoms with van der Waals surface area (Å²) in [6.07, 6.45) is 2.23. The van der Waals surface area contributed by atoms with Crippen molar-refractivity contribution in [2.75, 3.05) is 26.9 Å². The highest BCUT2D eigenvalue weighted by molar-refractivity contribution is 6.46. The second-order valence-corrected chi connectivity index (χ2v) is 8.28. The topological polar surface area (TPSA) is 76.1 Å². The summed E-state index contributed by atoms with van der Waals surface area (Å²) in [4.78, 5) is 27.5. The molecule has 6 nitrogen and oxygen atoms in total. The zero-order chi connectivity index (χ0) is 24.0. The van der Waals surface area contributed by atoms with Gasteiger partial charge in [0.05, 0.1) is 11.6 Å². The first kappa shape index (κ1) is 24.3. The first-order valence-corrected chi connectivity index (χ1v) is 11.1. The van der Waals surface area contributed by atoms with Gasteiger partial charge in [0.1, 0.15) is 18.1 Å². The molecule has 1 N–H and O–H groups in total. The van der Waals surface area contributed by atoms with E-state index < -0.39 is 17.7 Å². The molecule has 1 saturated heterocycles. The number of benzene rings is 2. The van der Waals surface area contributed by atoms with E-state index in [0.717, 1.165) is 11.1 Å². The van der Waals surface area contributed by atoms with Crippen LogP contribution in [0.15, 0.2) is 66.8 Å². The number of likely N-dealkylation sites (tertiary alicyclic amines) is 1. The normalized spacial score (nSPS) is 17.6. The van der Waals surface area contributed by atoms with Crippen molar-refractivity contribution in [2.45, 2.75) is 32.2 Å². The van der Waals surface area contributed by atoms with Gasteiger partial charge in [0.25, 0.3) is 11.7 Å². The van der Waals surface area contributed by atoms with E-state index in [9.17, 15) is 14.7 Å². The minimum Gasteiger partial charge on any atom is -0.507 e. The molecule has 0 radical (unpaired) electrons. The Morgan fingerprint density at radius 2 is 1.79 bits per heavy atom. The maximum Gasteiger partial charge on any atom is 0.295 e. The predicted octanol–water partition coefficient (Wildman–Crippen LogP) is 4.83. The highest BCUT2D eigenvalue weighted by Gasteiger charge is 2.45. The molecular weight excluding hydrogens is 418 g/mol. The molecule has 0 aliphatic carbocycles. The number of aliphatic hydroxyl groups is 1. The summed E-state index contributed by atoms with van der Waals surface area (Å²) < 4.78 is 10.6. The Labute approximate surface area is 195 Å². The number of hydrogen-bond donors (Lipinski definition) is 1. The van der Waals surface area contributed by atoms with Gasteiger partial charge in [-0.05, 0) is 47.7 Å². The maximum atomic E-state index is 13.1. The highest BCUT2D eigenvalue weighted by Crippen LogP contribution is 2.40. The van der Waals surface area contributed by atoms with E-state index in [1.807, 2.05) is 24.3 Å². The average molecular weight is 450 g/mol. The van der Waals surface area contributed by atoms with Crippen LogP contribution in [0.5, 0.6) is 5.75 Å². The van der Waals surface area contributed by atoms with Crippen molar-refractivity contribution in [1.29, 1.82) is 0 Å². The van der Waals surface area contributed by atoms with Gasteiger partial charge in [-0.25, -0.2) is 0 Å². The fraction of sp³-hybridized carbons (Fsp3) is 0.333. The molecule has 1 aliphatic heterocycles. The van der Waals surface area contributed by atoms with Crippen LogP contribution < -0.4 is 4.74 Å². The fourth-order valence-electron chi connectivity index (χ4n) is 3.92. The lowest BCUT2D eigenvalue weighted by atomic mass is 9.93. The molecule has 1 unspecified atom stereocenters. The summed E-state index contributed by atoms with van der Waals surface area (Å²) in [6, 6.07) is 13.9. The van der Waals surface area contributed by atoms with E-state index in [1.165, 1.54) is 4.90 Å². The number of aliphatic hydroxyl groups excluding tert-OH is 1. The van der Waals surface area contributed by atoms with Crippen LogP contribution >= 0.6 is 0 Å². The number of carbonyl (C=O) groups excluding carboxylic acids is 2. The molecule has 1 amide bonds. The zero-order valence-electron chi connectivity index (χ0n) is 19.4. The molecule has 0 saturated carbocycles. The molecule has 2 aromatic carbocycles. The predicted molar refractivity (Wildman–Crippen MR) is 128 cm³/mol. The van der Waals surface area contributed by atoms with Crippen LogP contribution in [0.1, 0.15) is 48.9 Å². The Bertz CT molecular complexity index is 1020. The lowest BCUT2D eigenvalue weighted by Gasteiger charge is -2.25. The number of Topliss-reactive ketones (excluding diaryl/α,β-unsaturated/α-hetero) is 1. The number of nitrogens with zero attached hydrogens (tertiary/aromatic N) is 1. The van der Waals surface area contributed by atoms with Gasteiger partial charge in [-0.3, -0.25) is 9.59 Å². The summed E-state index contributed by atoms with van der Waals surface area (Å²) in [5, 5.41) is 11.1. The maximum absolute atomic E-state index is 13.1. The van der Waals surface area contributed by atoms with Crippen LogP contribution in [0, 0.1) is 0 Å². The molecule has 174 valence electrons. The summed E-state index contributed by atoms with van der Waals surface area (Å²) in [5.74, 6) is -0.525. The van der Waals surface area contributed by atoms with E-state index >= 15 is 0 Å². The zero-order valence-corrected chi connectivity index (χ0v) is 19.4. The third kappa shape index (κ3) is 5.34. The van der Waals surface area contributed by atoms with Crippen molar-refractivity contribution in [1.82, 2.24) is 4.90 Å². The number of carbonyl (C=O) groups is 2. The van der Waals surface area contributed by atoms with Crippen molar-refractivity contribution >= 4 is 17.4 Å². The molecule has 3 rings (SSSR count). The van der Waals surface area contributed by atoms with Gasteiger partial charge < -0.3 is 19.5 Å². The largest absolute Gasteiger partial charge is 0.507 e. The molecule has 1 aliphatic rings. The molecule has 0 aromatic heterocycles. The average Bonchev–Trinajstić information content (AvgIpc) is 3.08. The van der Waals surface area contributed by atoms with Gasteiger partial charge >= 0.3 is 0 Å². The van der Waals surface area contributed by atoms with Gasteiger partial charge in [-0.2, -0.15) is 0 Å². The lowest BCUT2D eigenvalue weighted by Crippen LogP contribution is -2.31. The molecule has 0 spiro atoms. The number of methoxy groups -OCH3 is 1. The number of rotatable bonds is 10. The smallest absolute Gasteiger partial charge is 0.295 e. The second-order valence-electron chi connectivity index (χ2n) is 8.28. The number of amides is 1. The van der Waals surface area contributed by atoms with E-state index in [-0.39, 0.29) is 11.3 Å². The summed E-state index contributed by atoms with van der Waals surface area (Å²) in [7, 11) is 1.60. The van der Waals surface area contributed by atoms with Crippen LogP contribution in [-0.2, 0) is 14.3 Å². The van der Waals surface area contributed by atoms with Crippen LogP contribution in [0.2, 0.25) is 0 Å². The molecule has 33 heavy (non-hydrogen) atoms. The van der Waals surface area contributed by atoms with Crippen LogP contribution in [-0.4, -0.2) is 48.6 Å². The van der Waals surface area contributed by atoms with Crippen molar-refractivity contribution in [2.24, 2.45) is 0 Å². The Kier molecular flexibility index (Phi) is 8.06. The molecular formula is C27H31NO5. The third-order valence-electron chi connectivity index (χ3n) is 5.70. The molecule has 1 heterocycles. The summed E-state index contributed by atoms with van der Waals surface area (Å²) in [6.45, 7) is 9.01. The van der Waals surface area contributed by atoms with E-state index in [2.05, 4.69) is 20.4 Å². The Morgan fingerprint density at radius 3 is 2.36 bits per heavy atom. The summed E-state index contributed by atoms with van der Waals surface area (Å²) in [5.41, 5.74) is 2.47. The minimum absolute atomic E-state index is 0.0921. The minimum atomic E-state index is -0.685. The van der Waals surface area contributed by atoms with Gasteiger partial charge in [-0.15, -0.1) is 0 Å². The number of hydrogen-bond acceptors (Lipinski definition) is 5. The Morgan fingerprint density at radius 1 is 1.12 bits per heavy atom. The van der Waals surface area contributed by atoms with Gasteiger partial charge in [0.2, 0.25) is 0 Å². The van der Waals surface area contributed by atoms with Gasteiger partial charge in [0, 0.05) is 25.8 Å². The van der Waals surface area contributed by atoms with Gasteiger partial charge in [-0.1, -0.05) is 50.8 Å². The van der Waals surface area contributed by atoms with Crippen molar-refractivity contribution in [3.05, 3.63) is 83.4 Å². The molecule has 6 heteroatoms. The van der Waals surface area contributed by atoms with Crippen LogP contribution in [0.25, 0.3) is 5.76 Å². The standard InChI is InChI=1S/C27H31NO5/c1-5-16-33-22-13-11-21(12-14-22)25(29)23-24(20-9-7-19(8-10-20)18(2)3)28(15-6-17-32-4)27(31)26(23)30/h5,7-14,18,24,29H,1,6,15-17H2,2-4H3. The van der Waals surface area contributed by atoms with Crippen molar-refractivity contribution < 1.29 is 24.2 Å². The number of ketones is 1. The monoisotopic (exact) mass is 449 g/mol. The van der Waals surface area contributed by atoms with E-state index in [4.69, 9.17) is 9.47 Å². The summed E-state index contributed by atoms with van der Waals surface area (Å²) >= 11 is 0. The van der Waals surface area contributed by atoms with E-state index in [1.54, 1.807) is 37.5 Å². The van der Waals surface area contributed by atoms with Gasteiger partial charge in [0.15, 0.2) is 0 Å². The molecule has 2 aromatic rings. The lowest BCUT2D eigenvalue weighted by molar-refractivity contribution is -0.140. The first-order chi connectivity index (χ1) is 15.9. The van der Waals surface area contributed by atoms with Crippen LogP contribution in [0.4, 0.5) is 0 Å². The quantitative estimate of drug-likeness (QED) is 0.185. The number of ether oxygens (including phenoxy) is 2. The Balaban J connectivity index is 2.04. The molecule has 0 bridgehead atoms. The first-order valence-electron chi connectivity index (χ1n) is 11.1. The van der Waals surface area contributed by atoms with Crippen LogP contribution in [0.3, 0.4) is 0 Å². The van der Waals surface area contributed by atoms with Crippen molar-refractivity contribution in [3.63, 3.8) is 0 Å². The third-order valence-corrected chi connectivity index (χ3v) is 5.70. The molecule has 1 fully saturated rings. The van der Waals surface area contributed by atoms with Crippen molar-refractivity contribution in [3.8, 4) is 5.75 Å². The SMILES string of the molecule is C=CCOc1ccc(C(O)=C2C(=O)C(=O)N(CCCOC)C2c2ccc(C(C)C)cc2)cc1.